The van der Waals surface area contributed by atoms with Crippen molar-refractivity contribution in [1.82, 2.24) is 0 Å². The number of benzene rings is 3. The molecule has 0 N–H and O–H groups in total. The SMILES string of the molecule is CC(/C=C/C(=O)Oc1ccccc1)Oc1ccc(Oc2ccc(C(F)(F)F)cc2)cc1. The number of ether oxygens (including phenoxy) is 3. The summed E-state index contributed by atoms with van der Waals surface area (Å²) in [6.07, 6.45) is -1.93. The first kappa shape index (κ1) is 22.0. The minimum Gasteiger partial charge on any atom is -0.487 e. The molecular weight excluding hydrogens is 409 g/mol. The summed E-state index contributed by atoms with van der Waals surface area (Å²) in [5, 5.41) is 0. The van der Waals surface area contributed by atoms with E-state index < -0.39 is 23.8 Å². The Morgan fingerprint density at radius 2 is 1.35 bits per heavy atom. The molecule has 0 spiro atoms. The lowest BCUT2D eigenvalue weighted by Crippen LogP contribution is -2.10. The second-order valence-corrected chi connectivity index (χ2v) is 6.51. The van der Waals surface area contributed by atoms with Gasteiger partial charge in [-0.05, 0) is 73.7 Å². The van der Waals surface area contributed by atoms with E-state index in [0.29, 0.717) is 17.2 Å². The highest BCUT2D eigenvalue weighted by Gasteiger charge is 2.30. The van der Waals surface area contributed by atoms with E-state index in [-0.39, 0.29) is 5.75 Å². The van der Waals surface area contributed by atoms with E-state index in [1.807, 2.05) is 6.07 Å². The maximum Gasteiger partial charge on any atom is 0.416 e. The van der Waals surface area contributed by atoms with E-state index >= 15 is 0 Å². The van der Waals surface area contributed by atoms with Crippen molar-refractivity contribution in [3.63, 3.8) is 0 Å². The molecular formula is C24H19F3O4. The second kappa shape index (κ2) is 9.84. The third kappa shape index (κ3) is 6.92. The molecule has 0 fully saturated rings. The number of halogens is 3. The lowest BCUT2D eigenvalue weighted by Gasteiger charge is -2.12. The fourth-order valence-electron chi connectivity index (χ4n) is 2.54. The summed E-state index contributed by atoms with van der Waals surface area (Å²) in [6, 6.07) is 19.7. The van der Waals surface area contributed by atoms with Gasteiger partial charge in [0.1, 0.15) is 29.1 Å². The zero-order valence-electron chi connectivity index (χ0n) is 16.5. The Hall–Kier alpha value is -3.74. The lowest BCUT2D eigenvalue weighted by molar-refractivity contribution is -0.137. The highest BCUT2D eigenvalue weighted by molar-refractivity contribution is 5.84. The molecule has 0 aliphatic rings. The fourth-order valence-corrected chi connectivity index (χ4v) is 2.54. The average Bonchev–Trinajstić information content (AvgIpc) is 2.74. The van der Waals surface area contributed by atoms with Crippen molar-refractivity contribution >= 4 is 5.97 Å². The maximum atomic E-state index is 12.6. The Balaban J connectivity index is 1.51. The van der Waals surface area contributed by atoms with Crippen LogP contribution in [0.5, 0.6) is 23.0 Å². The predicted octanol–water partition coefficient (Wildman–Crippen LogP) is 6.43. The van der Waals surface area contributed by atoms with E-state index in [2.05, 4.69) is 0 Å². The first-order chi connectivity index (χ1) is 14.8. The van der Waals surface area contributed by atoms with Gasteiger partial charge in [0.2, 0.25) is 0 Å². The third-order valence-electron chi connectivity index (χ3n) is 4.03. The van der Waals surface area contributed by atoms with Gasteiger partial charge >= 0.3 is 12.1 Å². The standard InChI is InChI=1S/C24H19F3O4/c1-17(7-16-23(28)31-19-5-3-2-4-6-19)29-20-12-14-22(15-13-20)30-21-10-8-18(9-11-21)24(25,26)27/h2-17H,1H3/b16-7+. The predicted molar refractivity (Wildman–Crippen MR) is 109 cm³/mol. The monoisotopic (exact) mass is 428 g/mol. The average molecular weight is 428 g/mol. The van der Waals surface area contributed by atoms with Crippen LogP contribution in [0.1, 0.15) is 12.5 Å². The molecule has 1 unspecified atom stereocenters. The summed E-state index contributed by atoms with van der Waals surface area (Å²) in [5.74, 6) is 1.21. The number of hydrogen-bond acceptors (Lipinski definition) is 4. The summed E-state index contributed by atoms with van der Waals surface area (Å²) >= 11 is 0. The molecule has 0 aliphatic carbocycles. The number of para-hydroxylation sites is 1. The van der Waals surface area contributed by atoms with Crippen LogP contribution in [0.2, 0.25) is 0 Å². The molecule has 160 valence electrons. The Morgan fingerprint density at radius 3 is 1.94 bits per heavy atom. The van der Waals surface area contributed by atoms with E-state index in [9.17, 15) is 18.0 Å². The number of rotatable bonds is 7. The molecule has 31 heavy (non-hydrogen) atoms. The van der Waals surface area contributed by atoms with E-state index in [4.69, 9.17) is 14.2 Å². The molecule has 7 heteroatoms. The van der Waals surface area contributed by atoms with Crippen molar-refractivity contribution in [2.24, 2.45) is 0 Å². The first-order valence-electron chi connectivity index (χ1n) is 9.36. The molecule has 0 bridgehead atoms. The van der Waals surface area contributed by atoms with Crippen LogP contribution in [0.4, 0.5) is 13.2 Å². The van der Waals surface area contributed by atoms with Gasteiger partial charge in [0.05, 0.1) is 5.56 Å². The quantitative estimate of drug-likeness (QED) is 0.247. The van der Waals surface area contributed by atoms with Crippen molar-refractivity contribution < 1.29 is 32.2 Å². The van der Waals surface area contributed by atoms with Gasteiger partial charge in [-0.25, -0.2) is 4.79 Å². The molecule has 0 heterocycles. The fraction of sp³-hybridized carbons (Fsp3) is 0.125. The van der Waals surface area contributed by atoms with Crippen LogP contribution in [-0.2, 0) is 11.0 Å². The van der Waals surface area contributed by atoms with Gasteiger partial charge in [0.25, 0.3) is 0 Å². The molecule has 3 rings (SSSR count). The van der Waals surface area contributed by atoms with E-state index in [1.54, 1.807) is 61.5 Å². The van der Waals surface area contributed by atoms with Gasteiger partial charge in [-0.15, -0.1) is 0 Å². The summed E-state index contributed by atoms with van der Waals surface area (Å²) in [6.45, 7) is 1.76. The van der Waals surface area contributed by atoms with Crippen molar-refractivity contribution in [2.75, 3.05) is 0 Å². The first-order valence-corrected chi connectivity index (χ1v) is 9.36. The normalized spacial score (nSPS) is 12.4. The van der Waals surface area contributed by atoms with Gasteiger partial charge in [-0.1, -0.05) is 18.2 Å². The summed E-state index contributed by atoms with van der Waals surface area (Å²) in [5.41, 5.74) is -0.738. The topological polar surface area (TPSA) is 44.8 Å². The smallest absolute Gasteiger partial charge is 0.416 e. The molecule has 0 amide bonds. The van der Waals surface area contributed by atoms with Gasteiger partial charge in [-0.2, -0.15) is 13.2 Å². The Kier molecular flexibility index (Phi) is 6.97. The Bertz CT molecular complexity index is 1010. The van der Waals surface area contributed by atoms with Crippen LogP contribution < -0.4 is 14.2 Å². The maximum absolute atomic E-state index is 12.6. The molecule has 1 atom stereocenters. The zero-order chi connectivity index (χ0) is 22.3. The Labute approximate surface area is 177 Å². The van der Waals surface area contributed by atoms with Gasteiger partial charge in [0.15, 0.2) is 0 Å². The van der Waals surface area contributed by atoms with Crippen LogP contribution >= 0.6 is 0 Å². The molecule has 0 saturated heterocycles. The minimum atomic E-state index is -4.39. The van der Waals surface area contributed by atoms with Crippen molar-refractivity contribution in [3.8, 4) is 23.0 Å². The third-order valence-corrected chi connectivity index (χ3v) is 4.03. The number of alkyl halides is 3. The number of hydrogen-bond donors (Lipinski definition) is 0. The van der Waals surface area contributed by atoms with Crippen LogP contribution in [0.15, 0.2) is 91.0 Å². The largest absolute Gasteiger partial charge is 0.487 e. The van der Waals surface area contributed by atoms with Crippen LogP contribution in [-0.4, -0.2) is 12.1 Å². The molecule has 0 aromatic heterocycles. The number of esters is 1. The van der Waals surface area contributed by atoms with E-state index in [0.717, 1.165) is 12.1 Å². The highest BCUT2D eigenvalue weighted by atomic mass is 19.4. The zero-order valence-corrected chi connectivity index (χ0v) is 16.5. The molecule has 0 radical (unpaired) electrons. The van der Waals surface area contributed by atoms with Crippen LogP contribution in [0.3, 0.4) is 0 Å². The van der Waals surface area contributed by atoms with Crippen molar-refractivity contribution in [2.45, 2.75) is 19.2 Å². The van der Waals surface area contributed by atoms with Gasteiger partial charge in [-0.3, -0.25) is 0 Å². The van der Waals surface area contributed by atoms with E-state index in [1.165, 1.54) is 18.2 Å². The van der Waals surface area contributed by atoms with Crippen LogP contribution in [0.25, 0.3) is 0 Å². The summed E-state index contributed by atoms with van der Waals surface area (Å²) in [7, 11) is 0. The summed E-state index contributed by atoms with van der Waals surface area (Å²) in [4.78, 5) is 11.8. The number of carbonyl (C=O) groups excluding carboxylic acids is 1. The van der Waals surface area contributed by atoms with Gasteiger partial charge in [0, 0.05) is 6.08 Å². The molecule has 3 aromatic carbocycles. The van der Waals surface area contributed by atoms with Crippen molar-refractivity contribution in [1.29, 1.82) is 0 Å². The van der Waals surface area contributed by atoms with Crippen molar-refractivity contribution in [3.05, 3.63) is 96.6 Å². The molecule has 3 aromatic rings. The summed E-state index contributed by atoms with van der Waals surface area (Å²) < 4.78 is 54.2. The van der Waals surface area contributed by atoms with Gasteiger partial charge < -0.3 is 14.2 Å². The van der Waals surface area contributed by atoms with Crippen LogP contribution in [0, 0.1) is 0 Å². The highest BCUT2D eigenvalue weighted by Crippen LogP contribution is 2.31. The molecule has 4 nitrogen and oxygen atoms in total. The number of carbonyl (C=O) groups is 1. The molecule has 0 aliphatic heterocycles. The molecule has 0 saturated carbocycles. The minimum absolute atomic E-state index is 0.287. The Morgan fingerprint density at radius 1 is 0.806 bits per heavy atom. The lowest BCUT2D eigenvalue weighted by atomic mass is 10.2. The second-order valence-electron chi connectivity index (χ2n) is 6.51.